The Morgan fingerprint density at radius 1 is 1.59 bits per heavy atom. The molecule has 0 aliphatic carbocycles. The molecule has 2 N–H and O–H groups in total. The monoisotopic (exact) mass is 275 g/mol. The van der Waals surface area contributed by atoms with Gasteiger partial charge < -0.3 is 15.3 Å². The van der Waals surface area contributed by atoms with Gasteiger partial charge in [0.05, 0.1) is 10.9 Å². The van der Waals surface area contributed by atoms with Gasteiger partial charge in [-0.05, 0) is 19.1 Å². The lowest BCUT2D eigenvalue weighted by molar-refractivity contribution is 0.190. The van der Waals surface area contributed by atoms with Crippen LogP contribution in [-0.2, 0) is 0 Å². The number of aliphatic hydroxyl groups is 1. The normalized spacial score (nSPS) is 13.6. The van der Waals surface area contributed by atoms with E-state index in [0.717, 1.165) is 17.4 Å². The van der Waals surface area contributed by atoms with E-state index in [0.29, 0.717) is 10.9 Å². The van der Waals surface area contributed by atoms with Crippen LogP contribution >= 0.6 is 22.9 Å². The first-order valence-corrected chi connectivity index (χ1v) is 6.63. The number of nitrogens with one attached hydrogen (secondary N) is 1. The van der Waals surface area contributed by atoms with Gasteiger partial charge >= 0.3 is 0 Å². The fourth-order valence-electron chi connectivity index (χ4n) is 1.28. The highest BCUT2D eigenvalue weighted by molar-refractivity contribution is 7.16. The van der Waals surface area contributed by atoms with Gasteiger partial charge in [0.15, 0.2) is 5.96 Å². The smallest absolute Gasteiger partial charge is 0.193 e. The average Bonchev–Trinajstić information content (AvgIpc) is 2.70. The maximum Gasteiger partial charge on any atom is 0.193 e. The van der Waals surface area contributed by atoms with E-state index in [-0.39, 0.29) is 0 Å². The van der Waals surface area contributed by atoms with Crippen molar-refractivity contribution in [3.8, 4) is 0 Å². The van der Waals surface area contributed by atoms with Crippen molar-refractivity contribution in [3.63, 3.8) is 0 Å². The third-order valence-corrected chi connectivity index (χ3v) is 3.43. The van der Waals surface area contributed by atoms with E-state index in [1.165, 1.54) is 11.3 Å². The predicted octanol–water partition coefficient (Wildman–Crippen LogP) is 1.96. The van der Waals surface area contributed by atoms with Gasteiger partial charge in [-0.2, -0.15) is 0 Å². The van der Waals surface area contributed by atoms with E-state index >= 15 is 0 Å². The lowest BCUT2D eigenvalue weighted by Crippen LogP contribution is -2.36. The van der Waals surface area contributed by atoms with E-state index in [1.807, 2.05) is 32.0 Å². The van der Waals surface area contributed by atoms with Crippen molar-refractivity contribution < 1.29 is 5.11 Å². The molecule has 0 aromatic carbocycles. The van der Waals surface area contributed by atoms with Crippen LogP contribution in [0.2, 0.25) is 4.34 Å². The number of aliphatic imine (C=N–C) groups is 1. The number of guanidine groups is 1. The maximum absolute atomic E-state index is 9.93. The Kier molecular flexibility index (Phi) is 5.74. The minimum absolute atomic E-state index is 0.331. The van der Waals surface area contributed by atoms with E-state index in [4.69, 9.17) is 11.6 Å². The molecule has 0 spiro atoms. The topological polar surface area (TPSA) is 47.9 Å². The Hall–Kier alpha value is -0.780. The van der Waals surface area contributed by atoms with Gasteiger partial charge in [-0.3, -0.25) is 4.99 Å². The van der Waals surface area contributed by atoms with Gasteiger partial charge in [0.2, 0.25) is 0 Å². The summed E-state index contributed by atoms with van der Waals surface area (Å²) < 4.78 is 0.683. The van der Waals surface area contributed by atoms with Gasteiger partial charge in [0, 0.05) is 25.5 Å². The largest absolute Gasteiger partial charge is 0.386 e. The molecule has 1 aromatic heterocycles. The first-order chi connectivity index (χ1) is 8.04. The minimum Gasteiger partial charge on any atom is -0.386 e. The van der Waals surface area contributed by atoms with Gasteiger partial charge in [-0.15, -0.1) is 11.3 Å². The molecule has 6 heteroatoms. The number of hydrogen-bond donors (Lipinski definition) is 2. The molecule has 0 saturated heterocycles. The molecular weight excluding hydrogens is 258 g/mol. The molecule has 96 valence electrons. The second kappa shape index (κ2) is 6.83. The Morgan fingerprint density at radius 3 is 2.76 bits per heavy atom. The average molecular weight is 276 g/mol. The van der Waals surface area contributed by atoms with Crippen molar-refractivity contribution in [2.24, 2.45) is 4.99 Å². The quantitative estimate of drug-likeness (QED) is 0.652. The molecule has 4 nitrogen and oxygen atoms in total. The van der Waals surface area contributed by atoms with Crippen LogP contribution in [0.1, 0.15) is 17.9 Å². The Balaban J connectivity index is 2.61. The summed E-state index contributed by atoms with van der Waals surface area (Å²) in [6.45, 7) is 3.14. The standard InChI is InChI=1S/C11H18ClN3OS/c1-4-13-11(15(2)3)14-7-8(16)9-5-6-10(12)17-9/h5-6,8,16H,4,7H2,1-3H3,(H,13,14). The summed E-state index contributed by atoms with van der Waals surface area (Å²) >= 11 is 7.20. The number of halogens is 1. The van der Waals surface area contributed by atoms with Crippen molar-refractivity contribution in [3.05, 3.63) is 21.3 Å². The maximum atomic E-state index is 9.93. The molecule has 0 amide bonds. The zero-order valence-corrected chi connectivity index (χ0v) is 11.8. The van der Waals surface area contributed by atoms with E-state index in [9.17, 15) is 5.11 Å². The molecule has 0 radical (unpaired) electrons. The molecule has 1 atom stereocenters. The number of hydrogen-bond acceptors (Lipinski definition) is 3. The highest BCUT2D eigenvalue weighted by atomic mass is 35.5. The second-order valence-electron chi connectivity index (χ2n) is 3.75. The molecule has 1 aromatic rings. The molecule has 1 heterocycles. The van der Waals surface area contributed by atoms with Gasteiger partial charge in [-0.25, -0.2) is 0 Å². The molecule has 0 bridgehead atoms. The van der Waals surface area contributed by atoms with Crippen LogP contribution in [0.5, 0.6) is 0 Å². The predicted molar refractivity (Wildman–Crippen MR) is 74.0 cm³/mol. The van der Waals surface area contributed by atoms with Crippen molar-refractivity contribution in [1.29, 1.82) is 0 Å². The highest BCUT2D eigenvalue weighted by Gasteiger charge is 2.10. The van der Waals surface area contributed by atoms with E-state index in [1.54, 1.807) is 6.07 Å². The summed E-state index contributed by atoms with van der Waals surface area (Å²) in [7, 11) is 3.83. The van der Waals surface area contributed by atoms with Crippen LogP contribution in [0.3, 0.4) is 0 Å². The summed E-state index contributed by atoms with van der Waals surface area (Å²) in [5.41, 5.74) is 0. The summed E-state index contributed by atoms with van der Waals surface area (Å²) in [4.78, 5) is 7.07. The van der Waals surface area contributed by atoms with Crippen LogP contribution in [0.25, 0.3) is 0 Å². The fraction of sp³-hybridized carbons (Fsp3) is 0.545. The third-order valence-electron chi connectivity index (χ3n) is 2.09. The van der Waals surface area contributed by atoms with Crippen LogP contribution in [0, 0.1) is 0 Å². The molecule has 0 aliphatic rings. The van der Waals surface area contributed by atoms with Crippen molar-refractivity contribution >= 4 is 28.9 Å². The molecule has 1 rings (SSSR count). The summed E-state index contributed by atoms with van der Waals surface area (Å²) in [5.74, 6) is 0.772. The van der Waals surface area contributed by atoms with Gasteiger partial charge in [-0.1, -0.05) is 11.6 Å². The van der Waals surface area contributed by atoms with Crippen molar-refractivity contribution in [1.82, 2.24) is 10.2 Å². The molecule has 1 unspecified atom stereocenters. The van der Waals surface area contributed by atoms with Crippen LogP contribution in [0.15, 0.2) is 17.1 Å². The molecule has 0 fully saturated rings. The molecular formula is C11H18ClN3OS. The third kappa shape index (κ3) is 4.53. The fourth-order valence-corrected chi connectivity index (χ4v) is 2.32. The van der Waals surface area contributed by atoms with Crippen molar-refractivity contribution in [2.45, 2.75) is 13.0 Å². The van der Waals surface area contributed by atoms with Crippen LogP contribution in [-0.4, -0.2) is 43.2 Å². The SMILES string of the molecule is CCNC(=NCC(O)c1ccc(Cl)s1)N(C)C. The Morgan fingerprint density at radius 2 is 2.29 bits per heavy atom. The first kappa shape index (κ1) is 14.3. The Bertz CT molecular complexity index is 379. The zero-order chi connectivity index (χ0) is 12.8. The summed E-state index contributed by atoms with van der Waals surface area (Å²) in [6.07, 6.45) is -0.596. The second-order valence-corrected chi connectivity index (χ2v) is 5.49. The molecule has 0 aliphatic heterocycles. The summed E-state index contributed by atoms with van der Waals surface area (Å²) in [5, 5.41) is 13.1. The molecule has 0 saturated carbocycles. The lowest BCUT2D eigenvalue weighted by atomic mass is 10.3. The first-order valence-electron chi connectivity index (χ1n) is 5.43. The highest BCUT2D eigenvalue weighted by Crippen LogP contribution is 2.26. The van der Waals surface area contributed by atoms with Crippen LogP contribution in [0.4, 0.5) is 0 Å². The van der Waals surface area contributed by atoms with E-state index in [2.05, 4.69) is 10.3 Å². The van der Waals surface area contributed by atoms with E-state index < -0.39 is 6.10 Å². The minimum atomic E-state index is -0.596. The van der Waals surface area contributed by atoms with Crippen LogP contribution < -0.4 is 5.32 Å². The number of nitrogens with zero attached hydrogens (tertiary/aromatic N) is 2. The zero-order valence-electron chi connectivity index (χ0n) is 10.3. The lowest BCUT2D eigenvalue weighted by Gasteiger charge is -2.17. The van der Waals surface area contributed by atoms with Gasteiger partial charge in [0.25, 0.3) is 0 Å². The Labute approximate surface area is 111 Å². The van der Waals surface area contributed by atoms with Crippen molar-refractivity contribution in [2.75, 3.05) is 27.2 Å². The molecule has 17 heavy (non-hydrogen) atoms. The number of rotatable bonds is 4. The number of thiophene rings is 1. The summed E-state index contributed by atoms with van der Waals surface area (Å²) in [6, 6.07) is 3.61. The van der Waals surface area contributed by atoms with Gasteiger partial charge in [0.1, 0.15) is 6.10 Å². The number of aliphatic hydroxyl groups excluding tert-OH is 1.